The zero-order valence-corrected chi connectivity index (χ0v) is 11.7. The fourth-order valence-corrected chi connectivity index (χ4v) is 1.94. The summed E-state index contributed by atoms with van der Waals surface area (Å²) in [6.07, 6.45) is 2.36. The van der Waals surface area contributed by atoms with Crippen molar-refractivity contribution in [2.24, 2.45) is 0 Å². The van der Waals surface area contributed by atoms with Crippen LogP contribution in [0.25, 0.3) is 0 Å². The summed E-state index contributed by atoms with van der Waals surface area (Å²) in [7, 11) is 4.24. The van der Waals surface area contributed by atoms with Gasteiger partial charge in [0, 0.05) is 0 Å². The third-order valence-corrected chi connectivity index (χ3v) is 3.03. The third kappa shape index (κ3) is 5.85. The molecule has 96 valence electrons. The molecule has 0 radical (unpaired) electrons. The third-order valence-electron chi connectivity index (χ3n) is 3.03. The van der Waals surface area contributed by atoms with Crippen molar-refractivity contribution >= 4 is 0 Å². The van der Waals surface area contributed by atoms with Crippen molar-refractivity contribution in [3.8, 4) is 0 Å². The molecule has 0 heterocycles. The smallest absolute Gasteiger partial charge is 0.000824 e. The summed E-state index contributed by atoms with van der Waals surface area (Å²) >= 11 is 0. The minimum Gasteiger partial charge on any atom is -0.316 e. The molecular weight excluding hydrogens is 208 g/mol. The second-order valence-electron chi connectivity index (χ2n) is 5.09. The monoisotopic (exact) mass is 234 g/mol. The highest BCUT2D eigenvalue weighted by Crippen LogP contribution is 2.10. The number of aryl methyl sites for hydroxylation is 2. The van der Waals surface area contributed by atoms with E-state index >= 15 is 0 Å². The molecule has 17 heavy (non-hydrogen) atoms. The normalized spacial score (nSPS) is 11.1. The van der Waals surface area contributed by atoms with Crippen LogP contribution in [0.5, 0.6) is 0 Å². The van der Waals surface area contributed by atoms with Gasteiger partial charge < -0.3 is 10.2 Å². The number of benzene rings is 1. The van der Waals surface area contributed by atoms with Crippen LogP contribution in [0.4, 0.5) is 0 Å². The first kappa shape index (κ1) is 14.2. The van der Waals surface area contributed by atoms with Gasteiger partial charge >= 0.3 is 0 Å². The van der Waals surface area contributed by atoms with Gasteiger partial charge in [0.1, 0.15) is 0 Å². The van der Waals surface area contributed by atoms with Crippen LogP contribution >= 0.6 is 0 Å². The quantitative estimate of drug-likeness (QED) is 0.729. The maximum Gasteiger partial charge on any atom is -0.000824 e. The Bertz CT molecular complexity index is 332. The molecule has 0 fully saturated rings. The second-order valence-corrected chi connectivity index (χ2v) is 5.09. The van der Waals surface area contributed by atoms with Crippen LogP contribution in [0.1, 0.15) is 23.1 Å². The molecular formula is C15H26N2. The molecule has 0 saturated carbocycles. The molecule has 0 aromatic heterocycles. The summed E-state index contributed by atoms with van der Waals surface area (Å²) < 4.78 is 0. The first-order chi connectivity index (χ1) is 8.09. The Hall–Kier alpha value is -0.860. The molecule has 0 unspecified atom stereocenters. The number of hydrogen-bond donors (Lipinski definition) is 1. The van der Waals surface area contributed by atoms with E-state index in [0.717, 1.165) is 26.1 Å². The number of rotatable bonds is 7. The Balaban J connectivity index is 2.20. The van der Waals surface area contributed by atoms with Crippen LogP contribution in [0.15, 0.2) is 18.2 Å². The lowest BCUT2D eigenvalue weighted by Gasteiger charge is -2.11. The molecule has 0 aliphatic rings. The Morgan fingerprint density at radius 2 is 1.88 bits per heavy atom. The van der Waals surface area contributed by atoms with E-state index in [1.165, 1.54) is 23.1 Å². The van der Waals surface area contributed by atoms with E-state index in [0.29, 0.717) is 0 Å². The van der Waals surface area contributed by atoms with Gasteiger partial charge in [0.25, 0.3) is 0 Å². The molecule has 0 atom stereocenters. The molecule has 1 aromatic carbocycles. The molecule has 1 N–H and O–H groups in total. The van der Waals surface area contributed by atoms with Crippen molar-refractivity contribution in [1.29, 1.82) is 0 Å². The summed E-state index contributed by atoms with van der Waals surface area (Å²) in [5.41, 5.74) is 4.24. The predicted molar refractivity (Wildman–Crippen MR) is 75.7 cm³/mol. The molecule has 0 bridgehead atoms. The Labute approximate surface area is 106 Å². The minimum absolute atomic E-state index is 1.08. The van der Waals surface area contributed by atoms with Crippen LogP contribution in [-0.2, 0) is 6.42 Å². The van der Waals surface area contributed by atoms with Crippen molar-refractivity contribution in [2.75, 3.05) is 33.7 Å². The van der Waals surface area contributed by atoms with E-state index in [1.807, 2.05) is 0 Å². The van der Waals surface area contributed by atoms with Gasteiger partial charge in [-0.2, -0.15) is 0 Å². The molecule has 0 aliphatic carbocycles. The maximum absolute atomic E-state index is 3.51. The number of nitrogens with zero attached hydrogens (tertiary/aromatic N) is 1. The van der Waals surface area contributed by atoms with Crippen molar-refractivity contribution < 1.29 is 0 Å². The van der Waals surface area contributed by atoms with Crippen LogP contribution < -0.4 is 5.32 Å². The van der Waals surface area contributed by atoms with Crippen molar-refractivity contribution in [2.45, 2.75) is 26.7 Å². The van der Waals surface area contributed by atoms with Gasteiger partial charge in [-0.3, -0.25) is 0 Å². The summed E-state index contributed by atoms with van der Waals surface area (Å²) in [6.45, 7) is 7.71. The van der Waals surface area contributed by atoms with E-state index in [-0.39, 0.29) is 0 Å². The average Bonchev–Trinajstić information content (AvgIpc) is 2.27. The fourth-order valence-electron chi connectivity index (χ4n) is 1.94. The fraction of sp³-hybridized carbons (Fsp3) is 0.600. The standard InChI is InChI=1S/C15H26N2/c1-13-6-7-14(2)15(12-13)8-10-16-9-5-11-17(3)4/h6-7,12,16H,5,8-11H2,1-4H3. The number of nitrogens with one attached hydrogen (secondary N) is 1. The SMILES string of the molecule is Cc1ccc(C)c(CCNCCCN(C)C)c1. The lowest BCUT2D eigenvalue weighted by atomic mass is 10.0. The van der Waals surface area contributed by atoms with Crippen LogP contribution in [0.3, 0.4) is 0 Å². The van der Waals surface area contributed by atoms with Crippen molar-refractivity contribution in [1.82, 2.24) is 10.2 Å². The minimum atomic E-state index is 1.08. The maximum atomic E-state index is 3.51. The summed E-state index contributed by atoms with van der Waals surface area (Å²) in [5, 5.41) is 3.51. The summed E-state index contributed by atoms with van der Waals surface area (Å²) in [6, 6.07) is 6.71. The van der Waals surface area contributed by atoms with Crippen LogP contribution in [0, 0.1) is 13.8 Å². The van der Waals surface area contributed by atoms with Gasteiger partial charge in [0.2, 0.25) is 0 Å². The highest BCUT2D eigenvalue weighted by Gasteiger charge is 1.98. The van der Waals surface area contributed by atoms with Crippen LogP contribution in [0.2, 0.25) is 0 Å². The van der Waals surface area contributed by atoms with Gasteiger partial charge in [-0.1, -0.05) is 23.8 Å². The molecule has 0 spiro atoms. The van der Waals surface area contributed by atoms with Gasteiger partial charge in [0.15, 0.2) is 0 Å². The van der Waals surface area contributed by atoms with Crippen molar-refractivity contribution in [3.05, 3.63) is 34.9 Å². The lowest BCUT2D eigenvalue weighted by Crippen LogP contribution is -2.23. The van der Waals surface area contributed by atoms with Gasteiger partial charge in [-0.25, -0.2) is 0 Å². The highest BCUT2D eigenvalue weighted by atomic mass is 15.0. The topological polar surface area (TPSA) is 15.3 Å². The first-order valence-electron chi connectivity index (χ1n) is 6.51. The molecule has 1 rings (SSSR count). The predicted octanol–water partition coefficient (Wildman–Crippen LogP) is 2.39. The molecule has 0 amide bonds. The van der Waals surface area contributed by atoms with E-state index < -0.39 is 0 Å². The Kier molecular flexibility index (Phi) is 6.23. The average molecular weight is 234 g/mol. The van der Waals surface area contributed by atoms with Gasteiger partial charge in [-0.15, -0.1) is 0 Å². The second kappa shape index (κ2) is 7.46. The van der Waals surface area contributed by atoms with Crippen molar-refractivity contribution in [3.63, 3.8) is 0 Å². The lowest BCUT2D eigenvalue weighted by molar-refractivity contribution is 0.395. The van der Waals surface area contributed by atoms with E-state index in [9.17, 15) is 0 Å². The Morgan fingerprint density at radius 3 is 2.59 bits per heavy atom. The van der Waals surface area contributed by atoms with Gasteiger partial charge in [0.05, 0.1) is 0 Å². The first-order valence-corrected chi connectivity index (χ1v) is 6.51. The van der Waals surface area contributed by atoms with E-state index in [4.69, 9.17) is 0 Å². The summed E-state index contributed by atoms with van der Waals surface area (Å²) in [5.74, 6) is 0. The van der Waals surface area contributed by atoms with E-state index in [1.54, 1.807) is 0 Å². The van der Waals surface area contributed by atoms with Crippen LogP contribution in [-0.4, -0.2) is 38.6 Å². The zero-order valence-electron chi connectivity index (χ0n) is 11.7. The number of hydrogen-bond acceptors (Lipinski definition) is 2. The highest BCUT2D eigenvalue weighted by molar-refractivity contribution is 5.30. The summed E-state index contributed by atoms with van der Waals surface area (Å²) in [4.78, 5) is 2.23. The molecule has 2 nitrogen and oxygen atoms in total. The Morgan fingerprint density at radius 1 is 1.12 bits per heavy atom. The molecule has 2 heteroatoms. The van der Waals surface area contributed by atoms with E-state index in [2.05, 4.69) is 56.4 Å². The molecule has 0 saturated heterocycles. The molecule has 0 aliphatic heterocycles. The zero-order chi connectivity index (χ0) is 12.7. The van der Waals surface area contributed by atoms with Gasteiger partial charge in [-0.05, 0) is 71.5 Å². The largest absolute Gasteiger partial charge is 0.316 e. The molecule has 1 aromatic rings.